The van der Waals surface area contributed by atoms with Crippen LogP contribution < -0.4 is 10.6 Å². The number of aromatic nitrogens is 3. The Morgan fingerprint density at radius 1 is 1.07 bits per heavy atom. The summed E-state index contributed by atoms with van der Waals surface area (Å²) < 4.78 is 1.69. The van der Waals surface area contributed by atoms with Crippen LogP contribution in [0.15, 0.2) is 61.2 Å². The fourth-order valence-electron chi connectivity index (χ4n) is 2.79. The lowest BCUT2D eigenvalue weighted by Gasteiger charge is -2.12. The molecule has 0 bridgehead atoms. The largest absolute Gasteiger partial charge is 0.326 e. The van der Waals surface area contributed by atoms with Gasteiger partial charge in [0.05, 0.1) is 6.54 Å². The highest BCUT2D eigenvalue weighted by Crippen LogP contribution is 2.30. The number of rotatable bonds is 6. The molecular formula is C20H19N5O2. The van der Waals surface area contributed by atoms with E-state index < -0.39 is 0 Å². The van der Waals surface area contributed by atoms with Gasteiger partial charge < -0.3 is 10.6 Å². The maximum atomic E-state index is 12.7. The first-order valence-electron chi connectivity index (χ1n) is 8.81. The van der Waals surface area contributed by atoms with Gasteiger partial charge in [-0.1, -0.05) is 24.3 Å². The second-order valence-electron chi connectivity index (χ2n) is 6.55. The Bertz CT molecular complexity index is 964. The van der Waals surface area contributed by atoms with Gasteiger partial charge in [-0.25, -0.2) is 9.67 Å². The van der Waals surface area contributed by atoms with Gasteiger partial charge in [-0.3, -0.25) is 9.59 Å². The van der Waals surface area contributed by atoms with Gasteiger partial charge in [0.1, 0.15) is 12.7 Å². The average Bonchev–Trinajstić information content (AvgIpc) is 3.41. The molecule has 1 aliphatic carbocycles. The fraction of sp³-hybridized carbons (Fsp3) is 0.200. The number of anilines is 2. The predicted octanol–water partition coefficient (Wildman–Crippen LogP) is 2.93. The van der Waals surface area contributed by atoms with Gasteiger partial charge in [0.25, 0.3) is 5.91 Å². The van der Waals surface area contributed by atoms with Crippen molar-refractivity contribution in [2.45, 2.75) is 19.4 Å². The minimum absolute atomic E-state index is 0.0192. The highest BCUT2D eigenvalue weighted by atomic mass is 16.2. The number of hydrogen-bond donors (Lipinski definition) is 2. The zero-order valence-electron chi connectivity index (χ0n) is 14.6. The first-order valence-corrected chi connectivity index (χ1v) is 8.81. The van der Waals surface area contributed by atoms with Crippen LogP contribution in [0.2, 0.25) is 0 Å². The van der Waals surface area contributed by atoms with Crippen LogP contribution in [0.4, 0.5) is 11.4 Å². The molecule has 136 valence electrons. The summed E-state index contributed by atoms with van der Waals surface area (Å²) in [6.45, 7) is 0.508. The third-order valence-electron chi connectivity index (χ3n) is 4.40. The van der Waals surface area contributed by atoms with E-state index in [9.17, 15) is 9.59 Å². The summed E-state index contributed by atoms with van der Waals surface area (Å²) in [5.74, 6) is -0.0968. The van der Waals surface area contributed by atoms with E-state index in [0.29, 0.717) is 23.5 Å². The van der Waals surface area contributed by atoms with Crippen LogP contribution in [0, 0.1) is 5.92 Å². The third-order valence-corrected chi connectivity index (χ3v) is 4.40. The zero-order valence-corrected chi connectivity index (χ0v) is 14.6. The van der Waals surface area contributed by atoms with E-state index in [1.165, 1.54) is 6.33 Å². The molecular weight excluding hydrogens is 342 g/mol. The zero-order chi connectivity index (χ0) is 18.6. The highest BCUT2D eigenvalue weighted by Gasteiger charge is 2.29. The van der Waals surface area contributed by atoms with Gasteiger partial charge in [0, 0.05) is 22.9 Å². The number of amides is 2. The van der Waals surface area contributed by atoms with Gasteiger partial charge in [0.15, 0.2) is 0 Å². The van der Waals surface area contributed by atoms with Crippen LogP contribution in [0.25, 0.3) is 0 Å². The molecule has 2 amide bonds. The molecule has 2 N–H and O–H groups in total. The molecule has 1 aromatic heterocycles. The average molecular weight is 361 g/mol. The Kier molecular flexibility index (Phi) is 4.65. The molecule has 0 radical (unpaired) electrons. The molecule has 1 aliphatic rings. The van der Waals surface area contributed by atoms with E-state index in [4.69, 9.17) is 0 Å². The van der Waals surface area contributed by atoms with Crippen molar-refractivity contribution >= 4 is 23.2 Å². The van der Waals surface area contributed by atoms with Crippen LogP contribution in [-0.4, -0.2) is 26.6 Å². The Morgan fingerprint density at radius 3 is 2.70 bits per heavy atom. The van der Waals surface area contributed by atoms with Gasteiger partial charge in [-0.2, -0.15) is 5.10 Å². The summed E-state index contributed by atoms with van der Waals surface area (Å²) in [4.78, 5) is 28.5. The van der Waals surface area contributed by atoms with Gasteiger partial charge in [0.2, 0.25) is 5.91 Å². The number of benzene rings is 2. The van der Waals surface area contributed by atoms with E-state index in [2.05, 4.69) is 20.7 Å². The van der Waals surface area contributed by atoms with Crippen molar-refractivity contribution in [3.05, 3.63) is 72.3 Å². The smallest absolute Gasteiger partial charge is 0.255 e. The maximum absolute atomic E-state index is 12.7. The summed E-state index contributed by atoms with van der Waals surface area (Å²) in [7, 11) is 0. The topological polar surface area (TPSA) is 88.9 Å². The number of carbonyl (C=O) groups is 2. The van der Waals surface area contributed by atoms with E-state index in [1.807, 2.05) is 24.3 Å². The molecule has 27 heavy (non-hydrogen) atoms. The normalized spacial score (nSPS) is 13.2. The number of nitrogens with one attached hydrogen (secondary N) is 2. The minimum atomic E-state index is -0.233. The lowest BCUT2D eigenvalue weighted by Crippen LogP contribution is -2.16. The van der Waals surface area contributed by atoms with Crippen LogP contribution >= 0.6 is 0 Å². The molecule has 7 nitrogen and oxygen atoms in total. The molecule has 1 saturated carbocycles. The van der Waals surface area contributed by atoms with Crippen LogP contribution in [0.3, 0.4) is 0 Å². The number of para-hydroxylation sites is 1. The molecule has 1 heterocycles. The molecule has 0 spiro atoms. The summed E-state index contributed by atoms with van der Waals surface area (Å²) in [5, 5.41) is 9.91. The van der Waals surface area contributed by atoms with Gasteiger partial charge in [-0.15, -0.1) is 0 Å². The standard InChI is InChI=1S/C20H19N5O2/c26-19(14-8-9-14)23-17-6-3-5-15(10-17)20(27)24-18-7-2-1-4-16(18)11-25-13-21-12-22-25/h1-7,10,12-14H,8-9,11H2,(H,23,26)(H,24,27). The number of nitrogens with zero attached hydrogens (tertiary/aromatic N) is 3. The summed E-state index contributed by atoms with van der Waals surface area (Å²) in [5.41, 5.74) is 2.76. The Morgan fingerprint density at radius 2 is 1.93 bits per heavy atom. The first-order chi connectivity index (χ1) is 13.2. The number of hydrogen-bond acceptors (Lipinski definition) is 4. The number of carbonyl (C=O) groups excluding carboxylic acids is 2. The van der Waals surface area contributed by atoms with Crippen molar-refractivity contribution in [2.24, 2.45) is 5.92 Å². The fourth-order valence-corrected chi connectivity index (χ4v) is 2.79. The van der Waals surface area contributed by atoms with Crippen LogP contribution in [0.5, 0.6) is 0 Å². The molecule has 1 fully saturated rings. The summed E-state index contributed by atoms with van der Waals surface area (Å²) in [6, 6.07) is 14.5. The Balaban J connectivity index is 1.48. The minimum Gasteiger partial charge on any atom is -0.326 e. The lowest BCUT2D eigenvalue weighted by atomic mass is 10.1. The van der Waals surface area contributed by atoms with Crippen molar-refractivity contribution in [1.29, 1.82) is 0 Å². The molecule has 0 saturated heterocycles. The Labute approximate surface area is 156 Å². The molecule has 7 heteroatoms. The molecule has 0 atom stereocenters. The van der Waals surface area contributed by atoms with Crippen LogP contribution in [0.1, 0.15) is 28.8 Å². The van der Waals surface area contributed by atoms with Crippen LogP contribution in [-0.2, 0) is 11.3 Å². The first kappa shape index (κ1) is 17.0. The van der Waals surface area contributed by atoms with Crippen molar-refractivity contribution < 1.29 is 9.59 Å². The van der Waals surface area contributed by atoms with Gasteiger partial charge in [-0.05, 0) is 42.7 Å². The predicted molar refractivity (Wildman–Crippen MR) is 101 cm³/mol. The van der Waals surface area contributed by atoms with Crippen molar-refractivity contribution in [3.8, 4) is 0 Å². The van der Waals surface area contributed by atoms with Gasteiger partial charge >= 0.3 is 0 Å². The second-order valence-corrected chi connectivity index (χ2v) is 6.55. The second kappa shape index (κ2) is 7.41. The molecule has 0 aliphatic heterocycles. The quantitative estimate of drug-likeness (QED) is 0.706. The summed E-state index contributed by atoms with van der Waals surface area (Å²) >= 11 is 0. The van der Waals surface area contributed by atoms with Crippen molar-refractivity contribution in [2.75, 3.05) is 10.6 Å². The van der Waals surface area contributed by atoms with Crippen molar-refractivity contribution in [1.82, 2.24) is 14.8 Å². The molecule has 4 rings (SSSR count). The highest BCUT2D eigenvalue weighted by molar-refractivity contribution is 6.05. The molecule has 0 unspecified atom stereocenters. The van der Waals surface area contributed by atoms with Crippen molar-refractivity contribution in [3.63, 3.8) is 0 Å². The van der Waals surface area contributed by atoms with E-state index in [-0.39, 0.29) is 17.7 Å². The lowest BCUT2D eigenvalue weighted by molar-refractivity contribution is -0.117. The molecule has 2 aromatic carbocycles. The third kappa shape index (κ3) is 4.20. The van der Waals surface area contributed by atoms with E-state index >= 15 is 0 Å². The summed E-state index contributed by atoms with van der Waals surface area (Å²) in [6.07, 6.45) is 4.98. The Hall–Kier alpha value is -3.48. The monoisotopic (exact) mass is 361 g/mol. The van der Waals surface area contributed by atoms with E-state index in [1.54, 1.807) is 35.3 Å². The molecule has 3 aromatic rings. The maximum Gasteiger partial charge on any atom is 0.255 e. The van der Waals surface area contributed by atoms with E-state index in [0.717, 1.165) is 18.4 Å². The SMILES string of the molecule is O=C(Nc1ccccc1Cn1cncn1)c1cccc(NC(=O)C2CC2)c1.